The van der Waals surface area contributed by atoms with E-state index < -0.39 is 0 Å². The number of nitrogens with one attached hydrogen (secondary N) is 1. The summed E-state index contributed by atoms with van der Waals surface area (Å²) >= 11 is 6.17. The lowest BCUT2D eigenvalue weighted by molar-refractivity contribution is -0.122. The maximum absolute atomic E-state index is 12.9. The van der Waals surface area contributed by atoms with Gasteiger partial charge in [-0.3, -0.25) is 14.5 Å². The van der Waals surface area contributed by atoms with Gasteiger partial charge >= 0.3 is 0 Å². The van der Waals surface area contributed by atoms with Crippen LogP contribution >= 0.6 is 11.6 Å². The van der Waals surface area contributed by atoms with Crippen molar-refractivity contribution in [2.75, 3.05) is 39.3 Å². The first-order valence-electron chi connectivity index (χ1n) is 8.58. The summed E-state index contributed by atoms with van der Waals surface area (Å²) in [5.74, 6) is 0.170. The van der Waals surface area contributed by atoms with Crippen LogP contribution in [0.25, 0.3) is 11.0 Å². The Morgan fingerprint density at radius 1 is 1.31 bits per heavy atom. The van der Waals surface area contributed by atoms with Gasteiger partial charge in [-0.15, -0.1) is 6.58 Å². The van der Waals surface area contributed by atoms with Gasteiger partial charge in [0.05, 0.1) is 11.6 Å². The first-order valence-corrected chi connectivity index (χ1v) is 8.96. The molecular formula is C19H22ClN3O3. The molecule has 138 valence electrons. The number of amides is 2. The highest BCUT2D eigenvalue weighted by molar-refractivity contribution is 6.35. The van der Waals surface area contributed by atoms with E-state index in [0.717, 1.165) is 10.9 Å². The SMILES string of the molecule is C=CCNC(=O)CN1CCN(C(=O)c2oc3c(Cl)cccc3c2C)CC1. The normalized spacial score (nSPS) is 15.2. The van der Waals surface area contributed by atoms with Crippen molar-refractivity contribution >= 4 is 34.4 Å². The maximum atomic E-state index is 12.9. The summed E-state index contributed by atoms with van der Waals surface area (Å²) in [6.07, 6.45) is 1.65. The average Bonchev–Trinajstić information content (AvgIpc) is 2.98. The molecule has 0 spiro atoms. The largest absolute Gasteiger partial charge is 0.449 e. The van der Waals surface area contributed by atoms with Crippen molar-refractivity contribution in [3.05, 3.63) is 47.2 Å². The fourth-order valence-corrected chi connectivity index (χ4v) is 3.32. The molecule has 1 aromatic heterocycles. The Hall–Kier alpha value is -2.31. The molecule has 1 saturated heterocycles. The van der Waals surface area contributed by atoms with E-state index in [9.17, 15) is 9.59 Å². The van der Waals surface area contributed by atoms with Crippen molar-refractivity contribution in [3.8, 4) is 0 Å². The van der Waals surface area contributed by atoms with Crippen LogP contribution in [0.15, 0.2) is 35.3 Å². The number of nitrogens with zero attached hydrogens (tertiary/aromatic N) is 2. The molecule has 3 rings (SSSR count). The molecule has 1 aliphatic heterocycles. The van der Waals surface area contributed by atoms with Crippen molar-refractivity contribution in [2.45, 2.75) is 6.92 Å². The minimum Gasteiger partial charge on any atom is -0.449 e. The summed E-state index contributed by atoms with van der Waals surface area (Å²) in [6, 6.07) is 5.49. The van der Waals surface area contributed by atoms with Crippen molar-refractivity contribution in [1.29, 1.82) is 0 Å². The number of aryl methyl sites for hydroxylation is 1. The van der Waals surface area contributed by atoms with Crippen LogP contribution < -0.4 is 5.32 Å². The number of benzene rings is 1. The molecule has 2 amide bonds. The van der Waals surface area contributed by atoms with Crippen molar-refractivity contribution < 1.29 is 14.0 Å². The van der Waals surface area contributed by atoms with Crippen LogP contribution in [0.3, 0.4) is 0 Å². The van der Waals surface area contributed by atoms with Gasteiger partial charge in [0.25, 0.3) is 5.91 Å². The highest BCUT2D eigenvalue weighted by Crippen LogP contribution is 2.31. The fourth-order valence-electron chi connectivity index (χ4n) is 3.11. The number of para-hydroxylation sites is 1. The van der Waals surface area contributed by atoms with Gasteiger partial charge in [-0.05, 0) is 13.0 Å². The van der Waals surface area contributed by atoms with Crippen LogP contribution in [0.5, 0.6) is 0 Å². The van der Waals surface area contributed by atoms with Crippen LogP contribution in [0.2, 0.25) is 5.02 Å². The summed E-state index contributed by atoms with van der Waals surface area (Å²) in [5, 5.41) is 4.12. The van der Waals surface area contributed by atoms with E-state index in [0.29, 0.717) is 55.6 Å². The van der Waals surface area contributed by atoms with Gasteiger partial charge in [-0.25, -0.2) is 0 Å². The lowest BCUT2D eigenvalue weighted by Crippen LogP contribution is -2.51. The molecule has 0 radical (unpaired) electrons. The van der Waals surface area contributed by atoms with E-state index in [1.54, 1.807) is 17.0 Å². The average molecular weight is 376 g/mol. The number of carbonyl (C=O) groups excluding carboxylic acids is 2. The van der Waals surface area contributed by atoms with Crippen LogP contribution in [0, 0.1) is 6.92 Å². The lowest BCUT2D eigenvalue weighted by Gasteiger charge is -2.33. The third kappa shape index (κ3) is 3.76. The second kappa shape index (κ2) is 7.93. The van der Waals surface area contributed by atoms with Crippen LogP contribution in [0.4, 0.5) is 0 Å². The molecule has 1 aromatic carbocycles. The molecule has 26 heavy (non-hydrogen) atoms. The minimum atomic E-state index is -0.134. The van der Waals surface area contributed by atoms with E-state index >= 15 is 0 Å². The third-order valence-corrected chi connectivity index (χ3v) is 4.88. The Kier molecular flexibility index (Phi) is 5.64. The predicted octanol–water partition coefficient (Wildman–Crippen LogP) is 2.45. The van der Waals surface area contributed by atoms with Crippen LogP contribution in [-0.2, 0) is 4.79 Å². The fraction of sp³-hybridized carbons (Fsp3) is 0.368. The van der Waals surface area contributed by atoms with Crippen molar-refractivity contribution in [2.24, 2.45) is 0 Å². The lowest BCUT2D eigenvalue weighted by atomic mass is 10.1. The van der Waals surface area contributed by atoms with Crippen molar-refractivity contribution in [1.82, 2.24) is 15.1 Å². The van der Waals surface area contributed by atoms with Gasteiger partial charge in [0.1, 0.15) is 0 Å². The van der Waals surface area contributed by atoms with E-state index in [1.165, 1.54) is 0 Å². The highest BCUT2D eigenvalue weighted by atomic mass is 35.5. The zero-order valence-electron chi connectivity index (χ0n) is 14.8. The molecule has 0 atom stereocenters. The Labute approximate surface area is 157 Å². The van der Waals surface area contributed by atoms with E-state index in [2.05, 4.69) is 11.9 Å². The molecule has 7 heteroatoms. The van der Waals surface area contributed by atoms with Gasteiger partial charge in [0, 0.05) is 43.7 Å². The number of carbonyl (C=O) groups is 2. The summed E-state index contributed by atoms with van der Waals surface area (Å²) in [7, 11) is 0. The second-order valence-electron chi connectivity index (χ2n) is 6.33. The van der Waals surface area contributed by atoms with Crippen LogP contribution in [-0.4, -0.2) is 60.9 Å². The molecular weight excluding hydrogens is 354 g/mol. The predicted molar refractivity (Wildman–Crippen MR) is 102 cm³/mol. The first kappa shape index (κ1) is 18.5. The maximum Gasteiger partial charge on any atom is 0.289 e. The molecule has 1 aliphatic rings. The Bertz CT molecular complexity index is 838. The summed E-state index contributed by atoms with van der Waals surface area (Å²) in [6.45, 7) is 8.64. The van der Waals surface area contributed by atoms with E-state index in [4.69, 9.17) is 16.0 Å². The zero-order valence-corrected chi connectivity index (χ0v) is 15.5. The second-order valence-corrected chi connectivity index (χ2v) is 6.74. The first-order chi connectivity index (χ1) is 12.5. The number of hydrogen-bond acceptors (Lipinski definition) is 4. The van der Waals surface area contributed by atoms with Gasteiger partial charge in [0.15, 0.2) is 11.3 Å². The van der Waals surface area contributed by atoms with Gasteiger partial charge in [-0.2, -0.15) is 0 Å². The van der Waals surface area contributed by atoms with Gasteiger partial charge in [0.2, 0.25) is 5.91 Å². The molecule has 0 saturated carbocycles. The monoisotopic (exact) mass is 375 g/mol. The smallest absolute Gasteiger partial charge is 0.289 e. The molecule has 2 aromatic rings. The quantitative estimate of drug-likeness (QED) is 0.815. The van der Waals surface area contributed by atoms with Gasteiger partial charge < -0.3 is 14.6 Å². The third-order valence-electron chi connectivity index (χ3n) is 4.58. The van der Waals surface area contributed by atoms with Crippen molar-refractivity contribution in [3.63, 3.8) is 0 Å². The number of furan rings is 1. The molecule has 0 unspecified atom stereocenters. The summed E-state index contributed by atoms with van der Waals surface area (Å²) in [5.41, 5.74) is 1.35. The topological polar surface area (TPSA) is 65.8 Å². The standard InChI is InChI=1S/C19H22ClN3O3/c1-3-7-21-16(24)12-22-8-10-23(11-9-22)19(25)17-13(2)14-5-4-6-15(20)18(14)26-17/h3-6H,1,7-12H2,2H3,(H,21,24). The summed E-state index contributed by atoms with van der Waals surface area (Å²) < 4.78 is 5.77. The van der Waals surface area contributed by atoms with Crippen LogP contribution in [0.1, 0.15) is 16.1 Å². The molecule has 0 aliphatic carbocycles. The molecule has 1 fully saturated rings. The number of rotatable bonds is 5. The number of hydrogen-bond donors (Lipinski definition) is 1. The number of piperazine rings is 1. The number of fused-ring (bicyclic) bond motifs is 1. The van der Waals surface area contributed by atoms with E-state index in [1.807, 2.05) is 24.0 Å². The molecule has 6 nitrogen and oxygen atoms in total. The molecule has 2 heterocycles. The minimum absolute atomic E-state index is 0.0348. The Balaban J connectivity index is 1.64. The highest BCUT2D eigenvalue weighted by Gasteiger charge is 2.27. The zero-order chi connectivity index (χ0) is 18.7. The molecule has 1 N–H and O–H groups in total. The van der Waals surface area contributed by atoms with Gasteiger partial charge in [-0.1, -0.05) is 29.8 Å². The number of halogens is 1. The molecule has 0 bridgehead atoms. The summed E-state index contributed by atoms with van der Waals surface area (Å²) in [4.78, 5) is 28.4. The Morgan fingerprint density at radius 3 is 2.69 bits per heavy atom. The van der Waals surface area contributed by atoms with E-state index in [-0.39, 0.29) is 11.8 Å². The Morgan fingerprint density at radius 2 is 2.04 bits per heavy atom.